The fraction of sp³-hybridized carbons (Fsp3) is 0.130. The van der Waals surface area contributed by atoms with E-state index >= 15 is 0 Å². The molecule has 0 bridgehead atoms. The minimum atomic E-state index is -1.04. The Balaban J connectivity index is 1.70. The van der Waals surface area contributed by atoms with Gasteiger partial charge in [0.2, 0.25) is 0 Å². The average Bonchev–Trinajstić information content (AvgIpc) is 3.22. The highest BCUT2D eigenvalue weighted by Gasteiger charge is 2.43. The molecule has 0 aromatic heterocycles. The lowest BCUT2D eigenvalue weighted by Gasteiger charge is -2.24. The van der Waals surface area contributed by atoms with Crippen LogP contribution in [0.3, 0.4) is 0 Å². The number of hydrogen-bond acceptors (Lipinski definition) is 7. The quantitative estimate of drug-likeness (QED) is 0.326. The summed E-state index contributed by atoms with van der Waals surface area (Å²) in [6.45, 7) is -0.0253. The monoisotopic (exact) mass is 414 g/mol. The van der Waals surface area contributed by atoms with E-state index in [2.05, 4.69) is 10.3 Å². The predicted octanol–water partition coefficient (Wildman–Crippen LogP) is 4.28. The van der Waals surface area contributed by atoms with E-state index in [1.807, 2.05) is 0 Å². The molecule has 0 saturated carbocycles. The van der Waals surface area contributed by atoms with Gasteiger partial charge in [-0.25, -0.2) is 0 Å². The molecule has 3 aromatic carbocycles. The molecule has 2 atom stereocenters. The highest BCUT2D eigenvalue weighted by atomic mass is 16.6. The molecule has 8 nitrogen and oxygen atoms in total. The number of para-hydroxylation sites is 1. The standard InChI is InChI=1S/C23H18N4O4/c28-22(16-9-3-1-4-10-16)20-21(23(29)17-11-5-2-6-12-17)26(25-24-20)15-18-13-7-8-14-19(18)27(30)31/h1-14,20-21H,15H2/t20-,21+/m0/s1. The maximum atomic E-state index is 13.4. The fourth-order valence-corrected chi connectivity index (χ4v) is 3.55. The van der Waals surface area contributed by atoms with E-state index in [0.29, 0.717) is 16.7 Å². The lowest BCUT2D eigenvalue weighted by atomic mass is 9.92. The zero-order valence-corrected chi connectivity index (χ0v) is 16.4. The zero-order valence-electron chi connectivity index (χ0n) is 16.4. The van der Waals surface area contributed by atoms with Crippen LogP contribution in [-0.2, 0) is 6.54 Å². The Morgan fingerprint density at radius 3 is 2.00 bits per heavy atom. The van der Waals surface area contributed by atoms with Crippen LogP contribution in [0.5, 0.6) is 0 Å². The SMILES string of the molecule is O=C(c1ccccc1)[C@H]1N=NN(Cc2ccccc2[N+](=O)[O-])[C@H]1C(=O)c1ccccc1. The molecule has 0 spiro atoms. The number of ketones is 2. The second-order valence-corrected chi connectivity index (χ2v) is 7.04. The summed E-state index contributed by atoms with van der Waals surface area (Å²) in [4.78, 5) is 37.4. The van der Waals surface area contributed by atoms with Crippen LogP contribution in [0.2, 0.25) is 0 Å². The molecule has 4 rings (SSSR count). The predicted molar refractivity (Wildman–Crippen MR) is 113 cm³/mol. The first kappa shape index (κ1) is 20.1. The zero-order chi connectivity index (χ0) is 21.8. The minimum Gasteiger partial charge on any atom is -0.292 e. The first-order chi connectivity index (χ1) is 15.1. The van der Waals surface area contributed by atoms with E-state index < -0.39 is 17.0 Å². The normalized spacial score (nSPS) is 17.5. The van der Waals surface area contributed by atoms with Crippen LogP contribution in [0.4, 0.5) is 5.69 Å². The third-order valence-electron chi connectivity index (χ3n) is 5.09. The van der Waals surface area contributed by atoms with Crippen molar-refractivity contribution in [3.05, 3.63) is 112 Å². The molecular formula is C23H18N4O4. The molecular weight excluding hydrogens is 396 g/mol. The number of Topliss-reactive ketones (excluding diaryl/α,β-unsaturated/α-hetero) is 2. The first-order valence-electron chi connectivity index (χ1n) is 9.64. The highest BCUT2D eigenvalue weighted by molar-refractivity contribution is 6.08. The summed E-state index contributed by atoms with van der Waals surface area (Å²) < 4.78 is 0. The molecule has 0 aliphatic carbocycles. The van der Waals surface area contributed by atoms with Crippen molar-refractivity contribution in [1.29, 1.82) is 0 Å². The van der Waals surface area contributed by atoms with Crippen LogP contribution < -0.4 is 0 Å². The number of nitrogens with zero attached hydrogens (tertiary/aromatic N) is 4. The van der Waals surface area contributed by atoms with Crippen LogP contribution in [0, 0.1) is 10.1 Å². The smallest absolute Gasteiger partial charge is 0.274 e. The molecule has 0 unspecified atom stereocenters. The second kappa shape index (κ2) is 8.66. The molecule has 0 fully saturated rings. The van der Waals surface area contributed by atoms with Gasteiger partial charge in [0.1, 0.15) is 6.04 Å². The van der Waals surface area contributed by atoms with Crippen molar-refractivity contribution in [2.75, 3.05) is 0 Å². The molecule has 1 heterocycles. The maximum absolute atomic E-state index is 13.4. The Morgan fingerprint density at radius 1 is 0.839 bits per heavy atom. The maximum Gasteiger partial charge on any atom is 0.274 e. The third-order valence-corrected chi connectivity index (χ3v) is 5.09. The van der Waals surface area contributed by atoms with Crippen LogP contribution in [0.25, 0.3) is 0 Å². The largest absolute Gasteiger partial charge is 0.292 e. The van der Waals surface area contributed by atoms with Gasteiger partial charge >= 0.3 is 0 Å². The van der Waals surface area contributed by atoms with Crippen LogP contribution >= 0.6 is 0 Å². The van der Waals surface area contributed by atoms with E-state index in [-0.39, 0.29) is 23.8 Å². The summed E-state index contributed by atoms with van der Waals surface area (Å²) >= 11 is 0. The molecule has 0 radical (unpaired) electrons. The average molecular weight is 414 g/mol. The molecule has 0 saturated heterocycles. The molecule has 154 valence electrons. The number of nitro groups is 1. The molecule has 0 amide bonds. The van der Waals surface area contributed by atoms with E-state index in [9.17, 15) is 19.7 Å². The Hall–Kier alpha value is -4.20. The van der Waals surface area contributed by atoms with Gasteiger partial charge in [-0.05, 0) is 0 Å². The lowest BCUT2D eigenvalue weighted by molar-refractivity contribution is -0.385. The summed E-state index contributed by atoms with van der Waals surface area (Å²) in [7, 11) is 0. The number of rotatable bonds is 7. The van der Waals surface area contributed by atoms with Gasteiger partial charge in [-0.1, -0.05) is 84.1 Å². The van der Waals surface area contributed by atoms with Gasteiger partial charge in [0.25, 0.3) is 5.69 Å². The molecule has 31 heavy (non-hydrogen) atoms. The van der Waals surface area contributed by atoms with Crippen LogP contribution in [-0.4, -0.2) is 33.6 Å². The highest BCUT2D eigenvalue weighted by Crippen LogP contribution is 2.29. The second-order valence-electron chi connectivity index (χ2n) is 7.04. The van der Waals surface area contributed by atoms with Crippen LogP contribution in [0.1, 0.15) is 26.3 Å². The molecule has 0 N–H and O–H groups in total. The van der Waals surface area contributed by atoms with Crippen molar-refractivity contribution in [1.82, 2.24) is 5.01 Å². The summed E-state index contributed by atoms with van der Waals surface area (Å²) in [6.07, 6.45) is 0. The fourth-order valence-electron chi connectivity index (χ4n) is 3.55. The van der Waals surface area contributed by atoms with Gasteiger partial charge < -0.3 is 0 Å². The van der Waals surface area contributed by atoms with E-state index in [1.165, 1.54) is 11.1 Å². The number of hydrogen-bond donors (Lipinski definition) is 0. The van der Waals surface area contributed by atoms with Gasteiger partial charge in [0.15, 0.2) is 17.6 Å². The Kier molecular flexibility index (Phi) is 5.61. The molecule has 1 aliphatic rings. The minimum absolute atomic E-state index is 0.0253. The van der Waals surface area contributed by atoms with Gasteiger partial charge in [-0.15, -0.1) is 0 Å². The lowest BCUT2D eigenvalue weighted by Crippen LogP contribution is -2.45. The first-order valence-corrected chi connectivity index (χ1v) is 9.64. The van der Waals surface area contributed by atoms with Gasteiger partial charge in [-0.3, -0.25) is 24.7 Å². The number of benzene rings is 3. The number of nitro benzene ring substituents is 1. The Bertz CT molecular complexity index is 1150. The topological polar surface area (TPSA) is 105 Å². The summed E-state index contributed by atoms with van der Waals surface area (Å²) in [5, 5.41) is 21.0. The Labute approximate surface area is 178 Å². The summed E-state index contributed by atoms with van der Waals surface area (Å²) in [5.74, 6) is -0.651. The van der Waals surface area contributed by atoms with Crippen molar-refractivity contribution < 1.29 is 14.5 Å². The van der Waals surface area contributed by atoms with E-state index in [4.69, 9.17) is 0 Å². The molecule has 3 aromatic rings. The summed E-state index contributed by atoms with van der Waals surface area (Å²) in [6, 6.07) is 21.3. The Morgan fingerprint density at radius 2 is 1.39 bits per heavy atom. The van der Waals surface area contributed by atoms with Crippen molar-refractivity contribution in [3.63, 3.8) is 0 Å². The third kappa shape index (κ3) is 4.09. The summed E-state index contributed by atoms with van der Waals surface area (Å²) in [5.41, 5.74) is 1.13. The number of carbonyl (C=O) groups is 2. The van der Waals surface area contributed by atoms with Gasteiger partial charge in [0, 0.05) is 17.2 Å². The number of carbonyl (C=O) groups excluding carboxylic acids is 2. The molecule has 1 aliphatic heterocycles. The van der Waals surface area contributed by atoms with E-state index in [1.54, 1.807) is 78.9 Å². The van der Waals surface area contributed by atoms with E-state index in [0.717, 1.165) is 0 Å². The van der Waals surface area contributed by atoms with Crippen molar-refractivity contribution in [2.24, 2.45) is 10.3 Å². The van der Waals surface area contributed by atoms with Gasteiger partial charge in [-0.2, -0.15) is 5.11 Å². The molecule has 8 heteroatoms. The van der Waals surface area contributed by atoms with Crippen LogP contribution in [0.15, 0.2) is 95.3 Å². The van der Waals surface area contributed by atoms with Crippen molar-refractivity contribution >= 4 is 17.3 Å². The van der Waals surface area contributed by atoms with Crippen molar-refractivity contribution in [3.8, 4) is 0 Å². The van der Waals surface area contributed by atoms with Gasteiger partial charge in [0.05, 0.1) is 17.0 Å². The van der Waals surface area contributed by atoms with Crippen molar-refractivity contribution in [2.45, 2.75) is 18.6 Å².